The lowest BCUT2D eigenvalue weighted by molar-refractivity contribution is 0.0671. The number of aromatic nitrogens is 5. The van der Waals surface area contributed by atoms with Gasteiger partial charge in [0.15, 0.2) is 11.5 Å². The fourth-order valence-corrected chi connectivity index (χ4v) is 3.62. The molecule has 1 aliphatic heterocycles. The standard InChI is InChI=1S/C21H26N6O2/c1-13(2)19-22-20(29-24-19)18-12-27(25-23-18)16-6-5-9-26(11-16)21(28)17-10-14(3)7-8-15(17)4/h7-8,10,12-13,16H,5-6,9,11H2,1-4H3. The molecule has 0 radical (unpaired) electrons. The summed E-state index contributed by atoms with van der Waals surface area (Å²) in [4.78, 5) is 19.4. The number of nitrogens with zero attached hydrogens (tertiary/aromatic N) is 6. The zero-order valence-electron chi connectivity index (χ0n) is 17.3. The molecule has 1 saturated heterocycles. The molecule has 1 aromatic carbocycles. The van der Waals surface area contributed by atoms with E-state index in [2.05, 4.69) is 20.5 Å². The molecule has 1 aliphatic rings. The summed E-state index contributed by atoms with van der Waals surface area (Å²) in [6.07, 6.45) is 3.70. The Bertz CT molecular complexity index is 1020. The summed E-state index contributed by atoms with van der Waals surface area (Å²) in [7, 11) is 0. The smallest absolute Gasteiger partial charge is 0.280 e. The van der Waals surface area contributed by atoms with Crippen molar-refractivity contribution in [1.82, 2.24) is 30.0 Å². The van der Waals surface area contributed by atoms with E-state index in [0.717, 1.165) is 36.1 Å². The number of carbonyl (C=O) groups excluding carboxylic acids is 1. The molecule has 1 fully saturated rings. The van der Waals surface area contributed by atoms with Gasteiger partial charge >= 0.3 is 0 Å². The van der Waals surface area contributed by atoms with Crippen molar-refractivity contribution in [2.24, 2.45) is 0 Å². The average molecular weight is 394 g/mol. The highest BCUT2D eigenvalue weighted by Crippen LogP contribution is 2.25. The Balaban J connectivity index is 1.51. The van der Waals surface area contributed by atoms with Gasteiger partial charge < -0.3 is 9.42 Å². The van der Waals surface area contributed by atoms with Gasteiger partial charge in [0.2, 0.25) is 0 Å². The number of carbonyl (C=O) groups is 1. The van der Waals surface area contributed by atoms with Gasteiger partial charge in [0, 0.05) is 24.6 Å². The number of rotatable bonds is 4. The van der Waals surface area contributed by atoms with E-state index in [1.165, 1.54) is 0 Å². The first-order chi connectivity index (χ1) is 13.9. The Morgan fingerprint density at radius 2 is 2.10 bits per heavy atom. The Morgan fingerprint density at radius 3 is 2.86 bits per heavy atom. The first-order valence-corrected chi connectivity index (χ1v) is 10.0. The number of amides is 1. The number of likely N-dealkylation sites (tertiary alicyclic amines) is 1. The van der Waals surface area contributed by atoms with E-state index in [1.807, 2.05) is 61.7 Å². The zero-order valence-corrected chi connectivity index (χ0v) is 17.3. The average Bonchev–Trinajstić information content (AvgIpc) is 3.39. The van der Waals surface area contributed by atoms with Crippen molar-refractivity contribution < 1.29 is 9.32 Å². The van der Waals surface area contributed by atoms with Crippen molar-refractivity contribution in [2.75, 3.05) is 13.1 Å². The maximum atomic E-state index is 13.1. The van der Waals surface area contributed by atoms with Crippen molar-refractivity contribution in [3.05, 3.63) is 46.9 Å². The molecule has 4 rings (SSSR count). The number of aryl methyl sites for hydroxylation is 2. The number of hydrogen-bond acceptors (Lipinski definition) is 6. The monoisotopic (exact) mass is 394 g/mol. The summed E-state index contributed by atoms with van der Waals surface area (Å²) >= 11 is 0. The van der Waals surface area contributed by atoms with E-state index < -0.39 is 0 Å². The molecule has 1 amide bonds. The van der Waals surface area contributed by atoms with Crippen molar-refractivity contribution in [3.63, 3.8) is 0 Å². The van der Waals surface area contributed by atoms with E-state index in [4.69, 9.17) is 4.52 Å². The molecular weight excluding hydrogens is 368 g/mol. The molecule has 8 heteroatoms. The third kappa shape index (κ3) is 3.92. The minimum absolute atomic E-state index is 0.0755. The predicted octanol–water partition coefficient (Wildman–Crippen LogP) is 3.55. The van der Waals surface area contributed by atoms with Crippen LogP contribution in [-0.4, -0.2) is 49.0 Å². The Kier molecular flexibility index (Phi) is 5.17. The van der Waals surface area contributed by atoms with Crippen LogP contribution >= 0.6 is 0 Å². The largest absolute Gasteiger partial charge is 0.336 e. The normalized spacial score (nSPS) is 17.1. The summed E-state index contributed by atoms with van der Waals surface area (Å²) in [5.41, 5.74) is 3.43. The summed E-state index contributed by atoms with van der Waals surface area (Å²) in [6.45, 7) is 9.37. The molecule has 3 aromatic rings. The van der Waals surface area contributed by atoms with Crippen molar-refractivity contribution in [2.45, 2.75) is 52.5 Å². The van der Waals surface area contributed by atoms with Crippen LogP contribution in [0.25, 0.3) is 11.6 Å². The van der Waals surface area contributed by atoms with Crippen molar-refractivity contribution in [3.8, 4) is 11.6 Å². The molecule has 8 nitrogen and oxygen atoms in total. The van der Waals surface area contributed by atoms with E-state index >= 15 is 0 Å². The molecule has 0 aliphatic carbocycles. The van der Waals surface area contributed by atoms with Gasteiger partial charge in [0.1, 0.15) is 0 Å². The summed E-state index contributed by atoms with van der Waals surface area (Å²) < 4.78 is 7.13. The summed E-state index contributed by atoms with van der Waals surface area (Å²) in [5.74, 6) is 1.29. The van der Waals surface area contributed by atoms with Crippen LogP contribution in [0.15, 0.2) is 28.9 Å². The molecule has 0 spiro atoms. The minimum Gasteiger partial charge on any atom is -0.336 e. The molecule has 3 heterocycles. The minimum atomic E-state index is 0.0755. The molecule has 0 bridgehead atoms. The summed E-state index contributed by atoms with van der Waals surface area (Å²) in [5, 5.41) is 12.5. The van der Waals surface area contributed by atoms with E-state index in [0.29, 0.717) is 24.0 Å². The maximum Gasteiger partial charge on any atom is 0.280 e. The van der Waals surface area contributed by atoms with Crippen molar-refractivity contribution in [1.29, 1.82) is 0 Å². The van der Waals surface area contributed by atoms with Gasteiger partial charge in [0.25, 0.3) is 11.8 Å². The SMILES string of the molecule is Cc1ccc(C)c(C(=O)N2CCCC(n3cc(-c4nc(C(C)C)no4)nn3)C2)c1. The Hall–Kier alpha value is -3.03. The van der Waals surface area contributed by atoms with Crippen LogP contribution in [0.3, 0.4) is 0 Å². The predicted molar refractivity (Wildman–Crippen MR) is 107 cm³/mol. The van der Waals surface area contributed by atoms with Crippen LogP contribution in [0.4, 0.5) is 0 Å². The molecular formula is C21H26N6O2. The van der Waals surface area contributed by atoms with Crippen molar-refractivity contribution >= 4 is 5.91 Å². The highest BCUT2D eigenvalue weighted by molar-refractivity contribution is 5.95. The van der Waals surface area contributed by atoms with Crippen LogP contribution < -0.4 is 0 Å². The maximum absolute atomic E-state index is 13.1. The lowest BCUT2D eigenvalue weighted by Crippen LogP contribution is -2.41. The first-order valence-electron chi connectivity index (χ1n) is 10.0. The fourth-order valence-electron chi connectivity index (χ4n) is 3.62. The van der Waals surface area contributed by atoms with Gasteiger partial charge in [-0.1, -0.05) is 41.9 Å². The van der Waals surface area contributed by atoms with Gasteiger partial charge in [0.05, 0.1) is 12.2 Å². The third-order valence-corrected chi connectivity index (χ3v) is 5.37. The molecule has 0 N–H and O–H groups in total. The van der Waals surface area contributed by atoms with Crippen LogP contribution in [0.1, 0.15) is 66.0 Å². The van der Waals surface area contributed by atoms with Gasteiger partial charge in [-0.3, -0.25) is 4.79 Å². The second-order valence-electron chi connectivity index (χ2n) is 8.06. The highest BCUT2D eigenvalue weighted by Gasteiger charge is 2.27. The molecule has 2 aromatic heterocycles. The van der Waals surface area contributed by atoms with Crippen LogP contribution in [0.2, 0.25) is 0 Å². The Morgan fingerprint density at radius 1 is 1.28 bits per heavy atom. The van der Waals surface area contributed by atoms with Crippen LogP contribution in [0, 0.1) is 13.8 Å². The van der Waals surface area contributed by atoms with E-state index in [1.54, 1.807) is 0 Å². The van der Waals surface area contributed by atoms with Gasteiger partial charge in [-0.05, 0) is 38.3 Å². The summed E-state index contributed by atoms with van der Waals surface area (Å²) in [6, 6.07) is 6.08. The van der Waals surface area contributed by atoms with Crippen LogP contribution in [-0.2, 0) is 0 Å². The van der Waals surface area contributed by atoms with Crippen LogP contribution in [0.5, 0.6) is 0 Å². The number of hydrogen-bond donors (Lipinski definition) is 0. The second kappa shape index (κ2) is 7.77. The Labute approximate surface area is 169 Å². The third-order valence-electron chi connectivity index (χ3n) is 5.37. The number of piperidine rings is 1. The quantitative estimate of drug-likeness (QED) is 0.672. The van der Waals surface area contributed by atoms with Gasteiger partial charge in [-0.25, -0.2) is 4.68 Å². The lowest BCUT2D eigenvalue weighted by Gasteiger charge is -2.33. The van der Waals surface area contributed by atoms with Gasteiger partial charge in [-0.15, -0.1) is 5.10 Å². The molecule has 1 unspecified atom stereocenters. The molecule has 1 atom stereocenters. The van der Waals surface area contributed by atoms with Gasteiger partial charge in [-0.2, -0.15) is 4.98 Å². The molecule has 0 saturated carbocycles. The van der Waals surface area contributed by atoms with E-state index in [9.17, 15) is 4.79 Å². The molecule has 152 valence electrons. The lowest BCUT2D eigenvalue weighted by atomic mass is 10.0. The fraction of sp³-hybridized carbons (Fsp3) is 0.476. The first kappa shape index (κ1) is 19.3. The second-order valence-corrected chi connectivity index (χ2v) is 8.06. The highest BCUT2D eigenvalue weighted by atomic mass is 16.5. The van der Waals surface area contributed by atoms with E-state index in [-0.39, 0.29) is 17.9 Å². The zero-order chi connectivity index (χ0) is 20.5. The molecule has 29 heavy (non-hydrogen) atoms. The topological polar surface area (TPSA) is 89.9 Å². The number of benzene rings is 1.